The van der Waals surface area contributed by atoms with Gasteiger partial charge in [0.1, 0.15) is 11.5 Å². The summed E-state index contributed by atoms with van der Waals surface area (Å²) in [5.74, 6) is -0.0966. The van der Waals surface area contributed by atoms with Crippen molar-refractivity contribution in [1.82, 2.24) is 9.38 Å². The summed E-state index contributed by atoms with van der Waals surface area (Å²) in [6.45, 7) is 4.04. The SMILES string of the molecule is CCOc1cccn2c(C(=O)C[C@@H](CO)Cc3cccc(F)c3)c(C)nc12.Cl. The van der Waals surface area contributed by atoms with Gasteiger partial charge < -0.3 is 9.84 Å². The van der Waals surface area contributed by atoms with Crippen LogP contribution in [0.2, 0.25) is 0 Å². The minimum atomic E-state index is -0.323. The van der Waals surface area contributed by atoms with E-state index < -0.39 is 0 Å². The number of imidazole rings is 1. The van der Waals surface area contributed by atoms with Crippen LogP contribution in [0, 0.1) is 18.7 Å². The van der Waals surface area contributed by atoms with Crippen molar-refractivity contribution in [3.63, 3.8) is 0 Å². The number of nitrogens with zero attached hydrogens (tertiary/aromatic N) is 2. The molecule has 0 radical (unpaired) electrons. The number of fused-ring (bicyclic) bond motifs is 1. The molecule has 7 heteroatoms. The number of rotatable bonds is 8. The number of benzene rings is 1. The van der Waals surface area contributed by atoms with Gasteiger partial charge in [0.05, 0.1) is 12.3 Å². The van der Waals surface area contributed by atoms with Gasteiger partial charge in [-0.15, -0.1) is 12.4 Å². The van der Waals surface area contributed by atoms with Gasteiger partial charge in [0.25, 0.3) is 0 Å². The number of aliphatic hydroxyl groups is 1. The monoisotopic (exact) mass is 406 g/mol. The van der Waals surface area contributed by atoms with Gasteiger partial charge in [-0.25, -0.2) is 9.37 Å². The van der Waals surface area contributed by atoms with Crippen LogP contribution in [0.15, 0.2) is 42.6 Å². The highest BCUT2D eigenvalue weighted by molar-refractivity contribution is 5.96. The molecular formula is C21H24ClFN2O3. The van der Waals surface area contributed by atoms with E-state index in [1.807, 2.05) is 19.1 Å². The van der Waals surface area contributed by atoms with Crippen molar-refractivity contribution >= 4 is 23.8 Å². The van der Waals surface area contributed by atoms with Crippen molar-refractivity contribution in [3.05, 3.63) is 65.4 Å². The Morgan fingerprint density at radius 1 is 1.32 bits per heavy atom. The molecule has 0 amide bonds. The highest BCUT2D eigenvalue weighted by Gasteiger charge is 2.22. The number of ketones is 1. The lowest BCUT2D eigenvalue weighted by Gasteiger charge is -2.14. The molecule has 0 aliphatic carbocycles. The van der Waals surface area contributed by atoms with Gasteiger partial charge in [-0.1, -0.05) is 12.1 Å². The van der Waals surface area contributed by atoms with Crippen LogP contribution in [0.4, 0.5) is 4.39 Å². The molecule has 1 aromatic carbocycles. The maximum Gasteiger partial charge on any atom is 0.181 e. The van der Waals surface area contributed by atoms with E-state index in [0.29, 0.717) is 35.8 Å². The molecule has 0 fully saturated rings. The Labute approximate surface area is 169 Å². The maximum absolute atomic E-state index is 13.4. The first-order chi connectivity index (χ1) is 13.0. The topological polar surface area (TPSA) is 63.8 Å². The number of halogens is 2. The number of Topliss-reactive ketones (excluding diaryl/α,β-unsaturated/α-hetero) is 1. The second kappa shape index (κ2) is 9.66. The zero-order valence-corrected chi connectivity index (χ0v) is 16.7. The number of hydrogen-bond donors (Lipinski definition) is 1. The molecule has 5 nitrogen and oxygen atoms in total. The first-order valence-corrected chi connectivity index (χ1v) is 9.02. The van der Waals surface area contributed by atoms with Crippen LogP contribution in [0.5, 0.6) is 5.75 Å². The molecule has 150 valence electrons. The molecule has 0 saturated heterocycles. The number of carbonyl (C=O) groups is 1. The molecule has 0 spiro atoms. The number of aliphatic hydroxyl groups excluding tert-OH is 1. The Morgan fingerprint density at radius 3 is 2.79 bits per heavy atom. The van der Waals surface area contributed by atoms with Gasteiger partial charge in [0, 0.05) is 19.2 Å². The highest BCUT2D eigenvalue weighted by atomic mass is 35.5. The summed E-state index contributed by atoms with van der Waals surface area (Å²) in [4.78, 5) is 17.4. The number of ether oxygens (including phenoxy) is 1. The first kappa shape index (κ1) is 21.9. The van der Waals surface area contributed by atoms with E-state index in [1.54, 1.807) is 29.7 Å². The Balaban J connectivity index is 0.00000280. The number of carbonyl (C=O) groups excluding carboxylic acids is 1. The zero-order chi connectivity index (χ0) is 19.4. The molecule has 1 N–H and O–H groups in total. The van der Waals surface area contributed by atoms with Crippen molar-refractivity contribution in [1.29, 1.82) is 0 Å². The lowest BCUT2D eigenvalue weighted by atomic mass is 9.94. The summed E-state index contributed by atoms with van der Waals surface area (Å²) in [7, 11) is 0. The van der Waals surface area contributed by atoms with Crippen LogP contribution in [-0.2, 0) is 6.42 Å². The predicted molar refractivity (Wildman–Crippen MR) is 108 cm³/mol. The van der Waals surface area contributed by atoms with Gasteiger partial charge in [0.2, 0.25) is 0 Å². The lowest BCUT2D eigenvalue weighted by Crippen LogP contribution is -2.17. The summed E-state index contributed by atoms with van der Waals surface area (Å²) in [5.41, 5.74) is 2.47. The van der Waals surface area contributed by atoms with Crippen molar-refractivity contribution in [2.45, 2.75) is 26.7 Å². The van der Waals surface area contributed by atoms with Gasteiger partial charge in [0.15, 0.2) is 17.2 Å². The zero-order valence-electron chi connectivity index (χ0n) is 15.9. The Bertz CT molecular complexity index is 958. The van der Waals surface area contributed by atoms with E-state index in [9.17, 15) is 14.3 Å². The van der Waals surface area contributed by atoms with E-state index in [1.165, 1.54) is 12.1 Å². The van der Waals surface area contributed by atoms with Crippen LogP contribution in [-0.4, -0.2) is 33.5 Å². The van der Waals surface area contributed by atoms with E-state index in [-0.39, 0.29) is 43.0 Å². The van der Waals surface area contributed by atoms with E-state index >= 15 is 0 Å². The minimum absolute atomic E-state index is 0. The quantitative estimate of drug-likeness (QED) is 0.574. The van der Waals surface area contributed by atoms with Crippen molar-refractivity contribution in [3.8, 4) is 5.75 Å². The number of aromatic nitrogens is 2. The summed E-state index contributed by atoms with van der Waals surface area (Å²) < 4.78 is 20.7. The second-order valence-corrected chi connectivity index (χ2v) is 6.55. The fourth-order valence-electron chi connectivity index (χ4n) is 3.32. The number of hydrogen-bond acceptors (Lipinski definition) is 4. The Morgan fingerprint density at radius 2 is 2.11 bits per heavy atom. The largest absolute Gasteiger partial charge is 0.490 e. The maximum atomic E-state index is 13.4. The predicted octanol–water partition coefficient (Wildman–Crippen LogP) is 4.03. The summed E-state index contributed by atoms with van der Waals surface area (Å²) in [6, 6.07) is 9.86. The molecule has 2 aromatic heterocycles. The Hall–Kier alpha value is -2.44. The summed E-state index contributed by atoms with van der Waals surface area (Å²) in [6.07, 6.45) is 2.37. The van der Waals surface area contributed by atoms with Gasteiger partial charge in [-0.3, -0.25) is 9.20 Å². The third kappa shape index (κ3) is 4.69. The molecule has 1 atom stereocenters. The van der Waals surface area contributed by atoms with Gasteiger partial charge in [-0.2, -0.15) is 0 Å². The standard InChI is InChI=1S/C21H23FN2O3.ClH/c1-3-27-19-8-5-9-24-20(14(2)23-21(19)24)18(26)12-16(13-25)10-15-6-4-7-17(22)11-15;/h4-9,11,16,25H,3,10,12-13H2,1-2H3;1H/t16-;/m0./s1. The van der Waals surface area contributed by atoms with E-state index in [4.69, 9.17) is 4.74 Å². The molecule has 2 heterocycles. The molecule has 28 heavy (non-hydrogen) atoms. The Kier molecular flexibility index (Phi) is 7.54. The second-order valence-electron chi connectivity index (χ2n) is 6.55. The molecule has 0 aliphatic heterocycles. The van der Waals surface area contributed by atoms with Crippen LogP contribution in [0.25, 0.3) is 5.65 Å². The molecule has 0 aliphatic rings. The van der Waals surface area contributed by atoms with E-state index in [2.05, 4.69) is 4.98 Å². The van der Waals surface area contributed by atoms with Crippen molar-refractivity contribution in [2.24, 2.45) is 5.92 Å². The van der Waals surface area contributed by atoms with Crippen molar-refractivity contribution in [2.75, 3.05) is 13.2 Å². The first-order valence-electron chi connectivity index (χ1n) is 9.02. The van der Waals surface area contributed by atoms with Crippen molar-refractivity contribution < 1.29 is 19.0 Å². The smallest absolute Gasteiger partial charge is 0.181 e. The summed E-state index contributed by atoms with van der Waals surface area (Å²) in [5, 5.41) is 9.71. The molecule has 0 saturated carbocycles. The minimum Gasteiger partial charge on any atom is -0.490 e. The van der Waals surface area contributed by atoms with Gasteiger partial charge in [-0.05, 0) is 56.0 Å². The van der Waals surface area contributed by atoms with Crippen LogP contribution in [0.3, 0.4) is 0 Å². The third-order valence-electron chi connectivity index (χ3n) is 4.50. The van der Waals surface area contributed by atoms with Crippen LogP contribution in [0.1, 0.15) is 35.1 Å². The van der Waals surface area contributed by atoms with Gasteiger partial charge >= 0.3 is 0 Å². The lowest BCUT2D eigenvalue weighted by molar-refractivity contribution is 0.0929. The third-order valence-corrected chi connectivity index (χ3v) is 4.50. The summed E-state index contributed by atoms with van der Waals surface area (Å²) >= 11 is 0. The molecular weight excluding hydrogens is 383 g/mol. The fourth-order valence-corrected chi connectivity index (χ4v) is 3.32. The normalized spacial score (nSPS) is 11.9. The molecule has 3 aromatic rings. The fraction of sp³-hybridized carbons (Fsp3) is 0.333. The average molecular weight is 407 g/mol. The molecule has 0 unspecified atom stereocenters. The number of pyridine rings is 1. The van der Waals surface area contributed by atoms with E-state index in [0.717, 1.165) is 5.56 Å². The van der Waals surface area contributed by atoms with Crippen LogP contribution >= 0.6 is 12.4 Å². The van der Waals surface area contributed by atoms with Crippen LogP contribution < -0.4 is 4.74 Å². The molecule has 3 rings (SSSR count). The highest BCUT2D eigenvalue weighted by Crippen LogP contribution is 2.24. The number of aryl methyl sites for hydroxylation is 1. The molecule has 0 bridgehead atoms. The average Bonchev–Trinajstić information content (AvgIpc) is 2.98.